The predicted molar refractivity (Wildman–Crippen MR) is 124 cm³/mol. The van der Waals surface area contributed by atoms with Gasteiger partial charge in [-0.2, -0.15) is 0 Å². The average molecular weight is 369 g/mol. The molecule has 0 saturated heterocycles. The van der Waals surface area contributed by atoms with E-state index in [2.05, 4.69) is 89.2 Å². The lowest BCUT2D eigenvalue weighted by molar-refractivity contribution is 0.660. The van der Waals surface area contributed by atoms with Crippen LogP contribution in [0.1, 0.15) is 75.6 Å². The topological polar surface area (TPSA) is 0 Å². The third-order valence-electron chi connectivity index (χ3n) is 6.58. The highest BCUT2D eigenvalue weighted by atomic mass is 14.4. The zero-order valence-electron chi connectivity index (χ0n) is 18.0. The first-order valence-corrected chi connectivity index (χ1v) is 10.8. The van der Waals surface area contributed by atoms with E-state index >= 15 is 0 Å². The Kier molecular flexibility index (Phi) is 4.91. The molecule has 0 unspecified atom stereocenters. The summed E-state index contributed by atoms with van der Waals surface area (Å²) in [5, 5.41) is 2.80. The molecule has 1 aliphatic rings. The fraction of sp³-hybridized carbons (Fsp3) is 0.357. The Bertz CT molecular complexity index is 1060. The molecule has 0 nitrogen and oxygen atoms in total. The SMILES string of the molecule is CC=C(CCCCC)c1cc2c(c3ccccc13)-c1ccc(C)cc1C2(C)C. The van der Waals surface area contributed by atoms with Crippen LogP contribution in [0.5, 0.6) is 0 Å². The number of unbranched alkanes of at least 4 members (excludes halogenated alkanes) is 2. The van der Waals surface area contributed by atoms with E-state index in [9.17, 15) is 0 Å². The number of benzene rings is 3. The van der Waals surface area contributed by atoms with Gasteiger partial charge < -0.3 is 0 Å². The molecule has 144 valence electrons. The molecule has 0 heterocycles. The molecule has 0 heteroatoms. The van der Waals surface area contributed by atoms with E-state index in [1.807, 2.05) is 0 Å². The molecule has 0 radical (unpaired) electrons. The largest absolute Gasteiger partial charge is 0.0838 e. The highest BCUT2D eigenvalue weighted by Crippen LogP contribution is 2.52. The number of hydrogen-bond acceptors (Lipinski definition) is 0. The Labute approximate surface area is 170 Å². The monoisotopic (exact) mass is 368 g/mol. The van der Waals surface area contributed by atoms with Gasteiger partial charge in [-0.3, -0.25) is 0 Å². The summed E-state index contributed by atoms with van der Waals surface area (Å²) in [6.07, 6.45) is 7.34. The van der Waals surface area contributed by atoms with Crippen molar-refractivity contribution in [2.24, 2.45) is 0 Å². The minimum atomic E-state index is 0.0394. The number of rotatable bonds is 5. The van der Waals surface area contributed by atoms with Crippen molar-refractivity contribution in [3.05, 3.63) is 76.9 Å². The number of aryl methyl sites for hydroxylation is 1. The van der Waals surface area contributed by atoms with E-state index in [1.54, 1.807) is 0 Å². The summed E-state index contributed by atoms with van der Waals surface area (Å²) in [4.78, 5) is 0. The predicted octanol–water partition coefficient (Wildman–Crippen LogP) is 8.44. The Morgan fingerprint density at radius 2 is 1.68 bits per heavy atom. The molecule has 4 rings (SSSR count). The number of allylic oxidation sites excluding steroid dienone is 2. The maximum atomic E-state index is 2.51. The van der Waals surface area contributed by atoms with Crippen LogP contribution in [0.15, 0.2) is 54.6 Å². The second kappa shape index (κ2) is 7.24. The second-order valence-corrected chi connectivity index (χ2v) is 8.84. The fourth-order valence-corrected chi connectivity index (χ4v) is 4.96. The van der Waals surface area contributed by atoms with Gasteiger partial charge in [0.15, 0.2) is 0 Å². The van der Waals surface area contributed by atoms with Crippen LogP contribution in [0.4, 0.5) is 0 Å². The van der Waals surface area contributed by atoms with E-state index in [0.717, 1.165) is 0 Å². The normalized spacial score (nSPS) is 15.0. The molecule has 0 amide bonds. The summed E-state index contributed by atoms with van der Waals surface area (Å²) in [5.74, 6) is 0. The van der Waals surface area contributed by atoms with Crippen LogP contribution < -0.4 is 0 Å². The third kappa shape index (κ3) is 2.91. The minimum absolute atomic E-state index is 0.0394. The molecule has 3 aromatic carbocycles. The number of fused-ring (bicyclic) bond motifs is 5. The van der Waals surface area contributed by atoms with E-state index < -0.39 is 0 Å². The molecule has 0 spiro atoms. The van der Waals surface area contributed by atoms with Crippen LogP contribution in [0, 0.1) is 6.92 Å². The molecule has 0 fully saturated rings. The Morgan fingerprint density at radius 1 is 0.929 bits per heavy atom. The molecule has 0 bridgehead atoms. The Balaban J connectivity index is 1.99. The Morgan fingerprint density at radius 3 is 2.39 bits per heavy atom. The number of hydrogen-bond donors (Lipinski definition) is 0. The van der Waals surface area contributed by atoms with E-state index in [4.69, 9.17) is 0 Å². The van der Waals surface area contributed by atoms with Gasteiger partial charge in [-0.15, -0.1) is 0 Å². The summed E-state index contributed by atoms with van der Waals surface area (Å²) in [6.45, 7) is 11.5. The third-order valence-corrected chi connectivity index (χ3v) is 6.58. The van der Waals surface area contributed by atoms with Crippen LogP contribution in [-0.4, -0.2) is 0 Å². The zero-order chi connectivity index (χ0) is 19.9. The summed E-state index contributed by atoms with van der Waals surface area (Å²) in [7, 11) is 0. The van der Waals surface area contributed by atoms with Crippen LogP contribution in [0.2, 0.25) is 0 Å². The first-order valence-electron chi connectivity index (χ1n) is 10.8. The molecular weight excluding hydrogens is 336 g/mol. The molecule has 3 aromatic rings. The van der Waals surface area contributed by atoms with Gasteiger partial charge in [-0.05, 0) is 76.9 Å². The van der Waals surface area contributed by atoms with Crippen molar-refractivity contribution in [3.8, 4) is 11.1 Å². The first-order chi connectivity index (χ1) is 13.5. The molecule has 28 heavy (non-hydrogen) atoms. The highest BCUT2D eigenvalue weighted by Gasteiger charge is 2.37. The highest BCUT2D eigenvalue weighted by molar-refractivity contribution is 6.07. The summed E-state index contributed by atoms with van der Waals surface area (Å²) in [5.41, 5.74) is 10.1. The van der Waals surface area contributed by atoms with Gasteiger partial charge in [0, 0.05) is 5.41 Å². The molecule has 0 atom stereocenters. The van der Waals surface area contributed by atoms with E-state index in [1.165, 1.54) is 75.4 Å². The van der Waals surface area contributed by atoms with Crippen molar-refractivity contribution < 1.29 is 0 Å². The average Bonchev–Trinajstić information content (AvgIpc) is 2.92. The van der Waals surface area contributed by atoms with Crippen LogP contribution in [-0.2, 0) is 5.41 Å². The van der Waals surface area contributed by atoms with Crippen molar-refractivity contribution in [1.29, 1.82) is 0 Å². The van der Waals surface area contributed by atoms with Crippen LogP contribution >= 0.6 is 0 Å². The zero-order valence-corrected chi connectivity index (χ0v) is 18.0. The molecule has 0 N–H and O–H groups in total. The van der Waals surface area contributed by atoms with Crippen LogP contribution in [0.3, 0.4) is 0 Å². The van der Waals surface area contributed by atoms with E-state index in [-0.39, 0.29) is 5.41 Å². The molecule has 1 aliphatic carbocycles. The molecule has 0 saturated carbocycles. The Hall–Kier alpha value is -2.34. The van der Waals surface area contributed by atoms with Crippen molar-refractivity contribution in [2.75, 3.05) is 0 Å². The lowest BCUT2D eigenvalue weighted by Gasteiger charge is -2.23. The van der Waals surface area contributed by atoms with E-state index in [0.29, 0.717) is 0 Å². The van der Waals surface area contributed by atoms with Gasteiger partial charge in [0.1, 0.15) is 0 Å². The molecule has 0 aliphatic heterocycles. The van der Waals surface area contributed by atoms with Gasteiger partial charge in [-0.25, -0.2) is 0 Å². The van der Waals surface area contributed by atoms with Gasteiger partial charge in [0.05, 0.1) is 0 Å². The van der Waals surface area contributed by atoms with Gasteiger partial charge in [0.2, 0.25) is 0 Å². The quantitative estimate of drug-likeness (QED) is 0.396. The van der Waals surface area contributed by atoms with Crippen molar-refractivity contribution in [1.82, 2.24) is 0 Å². The molecule has 0 aromatic heterocycles. The van der Waals surface area contributed by atoms with Gasteiger partial charge in [0.25, 0.3) is 0 Å². The maximum Gasteiger partial charge on any atom is 0.0159 e. The second-order valence-electron chi connectivity index (χ2n) is 8.84. The smallest absolute Gasteiger partial charge is 0.0159 e. The van der Waals surface area contributed by atoms with Crippen LogP contribution in [0.25, 0.3) is 27.5 Å². The minimum Gasteiger partial charge on any atom is -0.0838 e. The summed E-state index contributed by atoms with van der Waals surface area (Å²) in [6, 6.07) is 18.5. The maximum absolute atomic E-state index is 2.51. The summed E-state index contributed by atoms with van der Waals surface area (Å²) < 4.78 is 0. The first kappa shape index (κ1) is 19.0. The summed E-state index contributed by atoms with van der Waals surface area (Å²) >= 11 is 0. The van der Waals surface area contributed by atoms with Crippen molar-refractivity contribution in [3.63, 3.8) is 0 Å². The lowest BCUT2D eigenvalue weighted by atomic mass is 9.80. The van der Waals surface area contributed by atoms with Gasteiger partial charge >= 0.3 is 0 Å². The lowest BCUT2D eigenvalue weighted by Crippen LogP contribution is -2.15. The fourth-order valence-electron chi connectivity index (χ4n) is 4.96. The van der Waals surface area contributed by atoms with Gasteiger partial charge in [-0.1, -0.05) is 87.7 Å². The van der Waals surface area contributed by atoms with Crippen molar-refractivity contribution in [2.45, 2.75) is 65.7 Å². The van der Waals surface area contributed by atoms with Crippen molar-refractivity contribution >= 4 is 16.3 Å². The standard InChI is InChI=1S/C28H32/c1-6-8-9-12-20(7-2)24-18-26-27(22-14-11-10-13-21(22)24)23-16-15-19(3)17-25(23)28(26,4)5/h7,10-11,13-18H,6,8-9,12H2,1-5H3. The molecular formula is C28H32.